The molecular weight excluding hydrogens is 626 g/mol. The van der Waals surface area contributed by atoms with Crippen LogP contribution >= 0.6 is 39.0 Å². The van der Waals surface area contributed by atoms with Crippen molar-refractivity contribution >= 4 is 61.6 Å². The summed E-state index contributed by atoms with van der Waals surface area (Å²) < 4.78 is 6.27. The zero-order valence-corrected chi connectivity index (χ0v) is 25.9. The number of halogens is 1. The molecule has 0 radical (unpaired) electrons. The molecule has 1 aromatic heterocycles. The van der Waals surface area contributed by atoms with E-state index in [2.05, 4.69) is 26.1 Å². The van der Waals surface area contributed by atoms with Gasteiger partial charge in [0, 0.05) is 11.3 Å². The van der Waals surface area contributed by atoms with Crippen LogP contribution in [0.4, 0.5) is 5.13 Å². The Bertz CT molecular complexity index is 1700. The summed E-state index contributed by atoms with van der Waals surface area (Å²) in [5.41, 5.74) is 4.71. The molecule has 210 valence electrons. The van der Waals surface area contributed by atoms with Gasteiger partial charge >= 0.3 is 5.91 Å². The van der Waals surface area contributed by atoms with E-state index in [1.807, 2.05) is 57.2 Å². The van der Waals surface area contributed by atoms with Crippen LogP contribution in [0.1, 0.15) is 39.4 Å². The first kappa shape index (κ1) is 28.8. The average Bonchev–Trinajstić information content (AvgIpc) is 3.52. The van der Waals surface area contributed by atoms with Gasteiger partial charge in [-0.05, 0) is 71.6 Å². The largest absolute Gasteiger partial charge is 0.507 e. The maximum atomic E-state index is 13.6. The van der Waals surface area contributed by atoms with Crippen molar-refractivity contribution in [2.75, 3.05) is 12.0 Å². The SMILES string of the molecule is COc1cc(C2/C(=C(\O)c3cc(C)ccc3C)C(=O)C(=O)N2c2nnc(SCc3ccc(C)cc3)s2)cc(Br)c1O. The monoisotopic (exact) mass is 651 g/mol. The van der Waals surface area contributed by atoms with Crippen molar-refractivity contribution in [2.24, 2.45) is 0 Å². The quantitative estimate of drug-likeness (QED) is 0.0733. The summed E-state index contributed by atoms with van der Waals surface area (Å²) in [6, 6.07) is 15.8. The van der Waals surface area contributed by atoms with Gasteiger partial charge in [-0.2, -0.15) is 0 Å². The lowest BCUT2D eigenvalue weighted by atomic mass is 9.93. The highest BCUT2D eigenvalue weighted by Crippen LogP contribution is 2.47. The van der Waals surface area contributed by atoms with Gasteiger partial charge < -0.3 is 14.9 Å². The molecule has 2 N–H and O–H groups in total. The molecule has 41 heavy (non-hydrogen) atoms. The fourth-order valence-electron chi connectivity index (χ4n) is 4.58. The van der Waals surface area contributed by atoms with Gasteiger partial charge in [-0.25, -0.2) is 0 Å². The van der Waals surface area contributed by atoms with Gasteiger partial charge in [0.2, 0.25) is 5.13 Å². The van der Waals surface area contributed by atoms with E-state index in [9.17, 15) is 19.8 Å². The number of ether oxygens (including phenoxy) is 1. The zero-order valence-electron chi connectivity index (χ0n) is 22.6. The van der Waals surface area contributed by atoms with E-state index in [0.29, 0.717) is 25.7 Å². The van der Waals surface area contributed by atoms with Crippen molar-refractivity contribution in [1.29, 1.82) is 0 Å². The average molecular weight is 653 g/mol. The number of thioether (sulfide) groups is 1. The molecule has 8 nitrogen and oxygen atoms in total. The fraction of sp³-hybridized carbons (Fsp3) is 0.200. The Morgan fingerprint density at radius 1 is 1.05 bits per heavy atom. The molecule has 4 aromatic rings. The minimum absolute atomic E-state index is 0.0904. The van der Waals surface area contributed by atoms with E-state index in [1.165, 1.54) is 46.7 Å². The molecule has 3 aromatic carbocycles. The molecule has 1 aliphatic heterocycles. The first-order valence-electron chi connectivity index (χ1n) is 12.6. The van der Waals surface area contributed by atoms with Crippen LogP contribution in [0.2, 0.25) is 0 Å². The third-order valence-electron chi connectivity index (χ3n) is 6.76. The molecule has 11 heteroatoms. The third kappa shape index (κ3) is 5.61. The van der Waals surface area contributed by atoms with Crippen molar-refractivity contribution in [3.63, 3.8) is 0 Å². The van der Waals surface area contributed by atoms with Crippen LogP contribution in [0.15, 0.2) is 69.0 Å². The van der Waals surface area contributed by atoms with Crippen molar-refractivity contribution in [3.8, 4) is 11.5 Å². The number of rotatable bonds is 7. The summed E-state index contributed by atoms with van der Waals surface area (Å²) in [6.45, 7) is 5.73. The smallest absolute Gasteiger partial charge is 0.301 e. The van der Waals surface area contributed by atoms with E-state index in [-0.39, 0.29) is 28.0 Å². The van der Waals surface area contributed by atoms with Crippen LogP contribution in [0.3, 0.4) is 0 Å². The van der Waals surface area contributed by atoms with E-state index in [4.69, 9.17) is 4.74 Å². The second-order valence-electron chi connectivity index (χ2n) is 9.67. The number of benzene rings is 3. The Morgan fingerprint density at radius 3 is 2.46 bits per heavy atom. The van der Waals surface area contributed by atoms with Crippen LogP contribution in [0, 0.1) is 20.8 Å². The number of aromatic hydroxyl groups is 1. The summed E-state index contributed by atoms with van der Waals surface area (Å²) in [4.78, 5) is 28.4. The van der Waals surface area contributed by atoms with E-state index in [1.54, 1.807) is 12.1 Å². The number of hydrogen-bond acceptors (Lipinski definition) is 9. The summed E-state index contributed by atoms with van der Waals surface area (Å²) in [7, 11) is 1.40. The maximum Gasteiger partial charge on any atom is 0.301 e. The Morgan fingerprint density at radius 2 is 1.76 bits per heavy atom. The number of carbonyl (C=O) groups excluding carboxylic acids is 2. The number of phenols is 1. The van der Waals surface area contributed by atoms with Gasteiger partial charge in [-0.3, -0.25) is 14.5 Å². The number of hydrogen-bond donors (Lipinski definition) is 2. The lowest BCUT2D eigenvalue weighted by Crippen LogP contribution is -2.29. The number of nitrogens with zero attached hydrogens (tertiary/aromatic N) is 3. The van der Waals surface area contributed by atoms with Crippen LogP contribution in [-0.4, -0.2) is 39.2 Å². The number of anilines is 1. The molecule has 5 rings (SSSR count). The third-order valence-corrected chi connectivity index (χ3v) is 9.50. The first-order chi connectivity index (χ1) is 19.6. The Kier molecular flexibility index (Phi) is 8.21. The summed E-state index contributed by atoms with van der Waals surface area (Å²) in [5.74, 6) is -1.31. The standard InChI is InChI=1S/C30H26BrN3O5S2/c1-15-6-9-18(10-7-15)14-40-30-33-32-29(41-30)34-24(19-12-21(31)26(36)22(13-19)39-4)23(27(37)28(34)38)25(35)20-11-16(2)5-8-17(20)3/h5-13,24,35-36H,14H2,1-4H3/b25-23+. The van der Waals surface area contributed by atoms with Gasteiger partial charge in [0.25, 0.3) is 5.78 Å². The number of Topliss-reactive ketones (excluding diaryl/α,β-unsaturated/α-hetero) is 1. The van der Waals surface area contributed by atoms with E-state index < -0.39 is 17.7 Å². The van der Waals surface area contributed by atoms with Gasteiger partial charge in [0.15, 0.2) is 15.8 Å². The number of phenolic OH excluding ortho intramolecular Hbond substituents is 1. The molecule has 0 bridgehead atoms. The molecule has 1 unspecified atom stereocenters. The molecule has 1 fully saturated rings. The molecule has 0 saturated carbocycles. The number of aryl methyl sites for hydroxylation is 3. The topological polar surface area (TPSA) is 113 Å². The maximum absolute atomic E-state index is 13.6. The highest BCUT2D eigenvalue weighted by molar-refractivity contribution is 9.10. The van der Waals surface area contributed by atoms with Crippen LogP contribution in [0.25, 0.3) is 5.76 Å². The Labute approximate surface area is 253 Å². The molecule has 1 saturated heterocycles. The molecule has 1 aliphatic rings. The van der Waals surface area contributed by atoms with Crippen LogP contribution < -0.4 is 9.64 Å². The van der Waals surface area contributed by atoms with Crippen molar-refractivity contribution in [3.05, 3.63) is 98.0 Å². The molecular formula is C30H26BrN3O5S2. The number of methoxy groups -OCH3 is 1. The number of aliphatic hydroxyl groups excluding tert-OH is 1. The van der Waals surface area contributed by atoms with Crippen molar-refractivity contribution < 1.29 is 24.5 Å². The molecule has 0 aliphatic carbocycles. The normalized spacial score (nSPS) is 16.4. The lowest BCUT2D eigenvalue weighted by Gasteiger charge is -2.23. The van der Waals surface area contributed by atoms with E-state index in [0.717, 1.165) is 16.7 Å². The number of aliphatic hydroxyl groups is 1. The van der Waals surface area contributed by atoms with Gasteiger partial charge in [-0.15, -0.1) is 10.2 Å². The molecule has 0 spiro atoms. The predicted octanol–water partition coefficient (Wildman–Crippen LogP) is 6.86. The highest BCUT2D eigenvalue weighted by Gasteiger charge is 2.49. The second-order valence-corrected chi connectivity index (χ2v) is 12.7. The first-order valence-corrected chi connectivity index (χ1v) is 15.2. The fourth-order valence-corrected chi connectivity index (χ4v) is 6.86. The molecule has 1 atom stereocenters. The second kappa shape index (κ2) is 11.7. The molecule has 1 amide bonds. The van der Waals surface area contributed by atoms with E-state index >= 15 is 0 Å². The predicted molar refractivity (Wildman–Crippen MR) is 164 cm³/mol. The number of ketones is 1. The van der Waals surface area contributed by atoms with Crippen molar-refractivity contribution in [1.82, 2.24) is 10.2 Å². The van der Waals surface area contributed by atoms with Gasteiger partial charge in [-0.1, -0.05) is 70.6 Å². The summed E-state index contributed by atoms with van der Waals surface area (Å²) >= 11 is 6.00. The number of aromatic nitrogens is 2. The Hall–Kier alpha value is -3.67. The minimum Gasteiger partial charge on any atom is -0.507 e. The highest BCUT2D eigenvalue weighted by atomic mass is 79.9. The van der Waals surface area contributed by atoms with Gasteiger partial charge in [0.1, 0.15) is 5.76 Å². The van der Waals surface area contributed by atoms with Crippen LogP contribution in [0.5, 0.6) is 11.5 Å². The summed E-state index contributed by atoms with van der Waals surface area (Å²) in [5, 5.41) is 30.7. The zero-order chi connectivity index (χ0) is 29.4. The van der Waals surface area contributed by atoms with Gasteiger partial charge in [0.05, 0.1) is 23.2 Å². The molecule has 2 heterocycles. The lowest BCUT2D eigenvalue weighted by molar-refractivity contribution is -0.132. The van der Waals surface area contributed by atoms with Crippen LogP contribution in [-0.2, 0) is 15.3 Å². The summed E-state index contributed by atoms with van der Waals surface area (Å²) in [6.07, 6.45) is 0. The minimum atomic E-state index is -1.05. The number of carbonyl (C=O) groups is 2. The number of amides is 1. The van der Waals surface area contributed by atoms with Crippen molar-refractivity contribution in [2.45, 2.75) is 36.9 Å². The Balaban J connectivity index is 1.62.